The van der Waals surface area contributed by atoms with Crippen LogP contribution in [-0.2, 0) is 27.7 Å². The summed E-state index contributed by atoms with van der Waals surface area (Å²) in [7, 11) is -3.57. The Bertz CT molecular complexity index is 907. The number of hydrogen-bond donors (Lipinski definition) is 0. The molecule has 1 aliphatic heterocycles. The first-order chi connectivity index (χ1) is 12.3. The second-order valence-electron chi connectivity index (χ2n) is 6.74. The standard InChI is InChI=1S/C20H24N2O3S/c1-4-16-9-11-18(12-10-16)21(26(3,24)25)14-20(23)22-15(2)13-17-7-5-6-8-19(17)22/h5-12,15H,4,13-14H2,1-3H3/t15-/m0/s1. The minimum Gasteiger partial charge on any atom is -0.307 e. The zero-order valence-electron chi connectivity index (χ0n) is 15.3. The van der Waals surface area contributed by atoms with E-state index >= 15 is 0 Å². The number of anilines is 2. The van der Waals surface area contributed by atoms with E-state index in [1.165, 1.54) is 4.31 Å². The first-order valence-corrected chi connectivity index (χ1v) is 10.6. The molecule has 1 aliphatic rings. The maximum Gasteiger partial charge on any atom is 0.248 e. The normalized spacial score (nSPS) is 16.4. The van der Waals surface area contributed by atoms with E-state index < -0.39 is 10.0 Å². The second-order valence-corrected chi connectivity index (χ2v) is 8.64. The van der Waals surface area contributed by atoms with E-state index in [0.29, 0.717) is 5.69 Å². The summed E-state index contributed by atoms with van der Waals surface area (Å²) in [5, 5.41) is 0. The molecule has 1 atom stereocenters. The number of carbonyl (C=O) groups excluding carboxylic acids is 1. The quantitative estimate of drug-likeness (QED) is 0.811. The topological polar surface area (TPSA) is 57.7 Å². The van der Waals surface area contributed by atoms with E-state index in [9.17, 15) is 13.2 Å². The Kier molecular flexibility index (Phi) is 5.05. The molecule has 3 rings (SSSR count). The van der Waals surface area contributed by atoms with Crippen LogP contribution in [0.25, 0.3) is 0 Å². The van der Waals surface area contributed by atoms with Gasteiger partial charge in [-0.15, -0.1) is 0 Å². The summed E-state index contributed by atoms with van der Waals surface area (Å²) in [5.74, 6) is -0.215. The summed E-state index contributed by atoms with van der Waals surface area (Å²) in [5.41, 5.74) is 3.63. The van der Waals surface area contributed by atoms with Crippen molar-refractivity contribution in [2.75, 3.05) is 22.0 Å². The molecule has 0 fully saturated rings. The number of nitrogens with zero attached hydrogens (tertiary/aromatic N) is 2. The molecule has 0 saturated carbocycles. The molecular formula is C20H24N2O3S. The Morgan fingerprint density at radius 2 is 1.81 bits per heavy atom. The maximum absolute atomic E-state index is 13.0. The van der Waals surface area contributed by atoms with Gasteiger partial charge in [0.1, 0.15) is 6.54 Å². The fourth-order valence-electron chi connectivity index (χ4n) is 3.44. The molecule has 26 heavy (non-hydrogen) atoms. The smallest absolute Gasteiger partial charge is 0.248 e. The van der Waals surface area contributed by atoms with Crippen LogP contribution in [0.3, 0.4) is 0 Å². The van der Waals surface area contributed by atoms with Crippen molar-refractivity contribution in [3.8, 4) is 0 Å². The summed E-state index contributed by atoms with van der Waals surface area (Å²) in [6.07, 6.45) is 2.79. The van der Waals surface area contributed by atoms with Crippen LogP contribution in [0.5, 0.6) is 0 Å². The highest BCUT2D eigenvalue weighted by Gasteiger charge is 2.33. The average Bonchev–Trinajstić information content (AvgIpc) is 2.94. The van der Waals surface area contributed by atoms with Gasteiger partial charge in [0.2, 0.25) is 15.9 Å². The molecule has 0 aromatic heterocycles. The molecule has 6 heteroatoms. The highest BCUT2D eigenvalue weighted by molar-refractivity contribution is 7.92. The van der Waals surface area contributed by atoms with Crippen LogP contribution in [0.4, 0.5) is 11.4 Å². The third-order valence-electron chi connectivity index (χ3n) is 4.79. The molecule has 2 aromatic carbocycles. The predicted octanol–water partition coefficient (Wildman–Crippen LogP) is 2.99. The highest BCUT2D eigenvalue weighted by atomic mass is 32.2. The molecule has 0 bridgehead atoms. The summed E-state index contributed by atoms with van der Waals surface area (Å²) in [6.45, 7) is 3.82. The number of sulfonamides is 1. The van der Waals surface area contributed by atoms with Gasteiger partial charge in [0, 0.05) is 11.7 Å². The van der Waals surface area contributed by atoms with Crippen molar-refractivity contribution in [2.45, 2.75) is 32.7 Å². The zero-order valence-corrected chi connectivity index (χ0v) is 16.2. The van der Waals surface area contributed by atoms with Crippen molar-refractivity contribution in [1.29, 1.82) is 0 Å². The fraction of sp³-hybridized carbons (Fsp3) is 0.350. The molecule has 0 radical (unpaired) electrons. The Hall–Kier alpha value is -2.34. The molecule has 0 saturated heterocycles. The predicted molar refractivity (Wildman–Crippen MR) is 105 cm³/mol. The number of carbonyl (C=O) groups is 1. The Balaban J connectivity index is 1.89. The van der Waals surface area contributed by atoms with Crippen molar-refractivity contribution in [3.63, 3.8) is 0 Å². The lowest BCUT2D eigenvalue weighted by molar-refractivity contribution is -0.117. The summed E-state index contributed by atoms with van der Waals surface area (Å²) in [6, 6.07) is 15.1. The average molecular weight is 372 g/mol. The van der Waals surface area contributed by atoms with Gasteiger partial charge in [0.15, 0.2) is 0 Å². The van der Waals surface area contributed by atoms with Gasteiger partial charge in [-0.1, -0.05) is 37.3 Å². The van der Waals surface area contributed by atoms with Crippen LogP contribution in [-0.4, -0.2) is 33.2 Å². The number of rotatable bonds is 5. The summed E-state index contributed by atoms with van der Waals surface area (Å²) < 4.78 is 25.8. The lowest BCUT2D eigenvalue weighted by Gasteiger charge is -2.28. The van der Waals surface area contributed by atoms with Gasteiger partial charge in [-0.25, -0.2) is 8.42 Å². The van der Waals surface area contributed by atoms with Crippen LogP contribution in [0.1, 0.15) is 25.0 Å². The number of fused-ring (bicyclic) bond motifs is 1. The van der Waals surface area contributed by atoms with E-state index in [4.69, 9.17) is 0 Å². The third kappa shape index (κ3) is 3.60. The van der Waals surface area contributed by atoms with Crippen molar-refractivity contribution in [1.82, 2.24) is 0 Å². The number of aryl methyl sites for hydroxylation is 1. The van der Waals surface area contributed by atoms with Crippen LogP contribution >= 0.6 is 0 Å². The molecule has 0 unspecified atom stereocenters. The fourth-order valence-corrected chi connectivity index (χ4v) is 4.29. The monoisotopic (exact) mass is 372 g/mol. The van der Waals surface area contributed by atoms with Crippen LogP contribution in [0.15, 0.2) is 48.5 Å². The lowest BCUT2D eigenvalue weighted by Crippen LogP contribution is -2.45. The first kappa shape index (κ1) is 18.5. The Labute approximate surface area is 155 Å². The largest absolute Gasteiger partial charge is 0.307 e. The minimum absolute atomic E-state index is 0.0174. The SMILES string of the molecule is CCc1ccc(N(CC(=O)N2c3ccccc3C[C@@H]2C)S(C)(=O)=O)cc1. The first-order valence-electron chi connectivity index (χ1n) is 8.78. The van der Waals surface area contributed by atoms with E-state index in [2.05, 4.69) is 0 Å². The number of amides is 1. The lowest BCUT2D eigenvalue weighted by atomic mass is 10.1. The third-order valence-corrected chi connectivity index (χ3v) is 5.93. The molecule has 0 spiro atoms. The number of hydrogen-bond acceptors (Lipinski definition) is 3. The van der Waals surface area contributed by atoms with Crippen molar-refractivity contribution < 1.29 is 13.2 Å². The van der Waals surface area contributed by atoms with Crippen molar-refractivity contribution in [2.24, 2.45) is 0 Å². The van der Waals surface area contributed by atoms with Crippen LogP contribution < -0.4 is 9.21 Å². The van der Waals surface area contributed by atoms with E-state index in [0.717, 1.165) is 35.9 Å². The second kappa shape index (κ2) is 7.11. The molecule has 5 nitrogen and oxygen atoms in total. The maximum atomic E-state index is 13.0. The minimum atomic E-state index is -3.57. The van der Waals surface area contributed by atoms with Gasteiger partial charge in [-0.2, -0.15) is 0 Å². The van der Waals surface area contributed by atoms with Crippen LogP contribution in [0, 0.1) is 0 Å². The Morgan fingerprint density at radius 3 is 2.42 bits per heavy atom. The molecule has 0 N–H and O–H groups in total. The van der Waals surface area contributed by atoms with Gasteiger partial charge >= 0.3 is 0 Å². The number of benzene rings is 2. The van der Waals surface area contributed by atoms with Gasteiger partial charge < -0.3 is 4.90 Å². The molecule has 1 heterocycles. The van der Waals surface area contributed by atoms with E-state index in [1.807, 2.05) is 50.2 Å². The Morgan fingerprint density at radius 1 is 1.15 bits per heavy atom. The van der Waals surface area contributed by atoms with E-state index in [-0.39, 0.29) is 18.5 Å². The zero-order chi connectivity index (χ0) is 18.9. The molecule has 2 aromatic rings. The number of para-hydroxylation sites is 1. The molecule has 138 valence electrons. The van der Waals surface area contributed by atoms with Crippen molar-refractivity contribution >= 4 is 27.3 Å². The van der Waals surface area contributed by atoms with Crippen LogP contribution in [0.2, 0.25) is 0 Å². The van der Waals surface area contributed by atoms with Gasteiger partial charge in [0.25, 0.3) is 0 Å². The molecular weight excluding hydrogens is 348 g/mol. The molecule has 1 amide bonds. The summed E-state index contributed by atoms with van der Waals surface area (Å²) in [4.78, 5) is 14.7. The van der Waals surface area contributed by atoms with Gasteiger partial charge in [-0.05, 0) is 49.1 Å². The van der Waals surface area contributed by atoms with Gasteiger partial charge in [-0.3, -0.25) is 9.10 Å². The van der Waals surface area contributed by atoms with Crippen molar-refractivity contribution in [3.05, 3.63) is 59.7 Å². The van der Waals surface area contributed by atoms with Gasteiger partial charge in [0.05, 0.1) is 11.9 Å². The van der Waals surface area contributed by atoms with E-state index in [1.54, 1.807) is 17.0 Å². The summed E-state index contributed by atoms with van der Waals surface area (Å²) >= 11 is 0. The molecule has 0 aliphatic carbocycles. The highest BCUT2D eigenvalue weighted by Crippen LogP contribution is 2.32.